The van der Waals surface area contributed by atoms with Crippen molar-refractivity contribution in [2.24, 2.45) is 0 Å². The predicted octanol–water partition coefficient (Wildman–Crippen LogP) is 8.72. The molecule has 0 N–H and O–H groups in total. The van der Waals surface area contributed by atoms with Crippen LogP contribution in [0, 0.1) is 13.8 Å². The fourth-order valence-corrected chi connectivity index (χ4v) is 7.03. The molecule has 5 heteroatoms. The second-order valence-electron chi connectivity index (χ2n) is 11.4. The van der Waals surface area contributed by atoms with E-state index in [4.69, 9.17) is 9.97 Å². The van der Waals surface area contributed by atoms with Crippen molar-refractivity contribution in [1.29, 1.82) is 0 Å². The van der Waals surface area contributed by atoms with E-state index in [0.717, 1.165) is 50.2 Å². The van der Waals surface area contributed by atoms with Gasteiger partial charge in [-0.1, -0.05) is 72.3 Å². The van der Waals surface area contributed by atoms with Crippen molar-refractivity contribution >= 4 is 71.7 Å². The van der Waals surface area contributed by atoms with Gasteiger partial charge < -0.3 is 0 Å². The Hall–Kier alpha value is -5.42. The lowest BCUT2D eigenvalue weighted by Gasteiger charge is -2.09. The maximum absolute atomic E-state index is 5.23. The summed E-state index contributed by atoms with van der Waals surface area (Å²) in [6, 6.07) is 37.4. The van der Waals surface area contributed by atoms with Crippen molar-refractivity contribution in [3.63, 3.8) is 0 Å². The van der Waals surface area contributed by atoms with Gasteiger partial charge in [-0.3, -0.25) is 8.80 Å². The van der Waals surface area contributed by atoms with E-state index in [9.17, 15) is 0 Å². The van der Waals surface area contributed by atoms with Gasteiger partial charge in [0.2, 0.25) is 11.6 Å². The molecule has 0 atom stereocenters. The van der Waals surface area contributed by atoms with Gasteiger partial charge in [0.1, 0.15) is 5.52 Å². The van der Waals surface area contributed by atoms with Crippen LogP contribution in [-0.2, 0) is 0 Å². The number of aromatic nitrogens is 5. The second kappa shape index (κ2) is 7.20. The lowest BCUT2D eigenvalue weighted by Crippen LogP contribution is -1.90. The smallest absolute Gasteiger partial charge is 0.223 e. The highest BCUT2D eigenvalue weighted by molar-refractivity contribution is 6.08. The van der Waals surface area contributed by atoms with Crippen LogP contribution in [0.2, 0.25) is 0 Å². The molecule has 4 aromatic heterocycles. The molecule has 6 aromatic carbocycles. The lowest BCUT2D eigenvalue weighted by atomic mass is 9.98. The van der Waals surface area contributed by atoms with Crippen molar-refractivity contribution < 1.29 is 0 Å². The highest BCUT2D eigenvalue weighted by Gasteiger charge is 2.25. The molecule has 41 heavy (non-hydrogen) atoms. The van der Waals surface area contributed by atoms with Crippen LogP contribution in [0.15, 0.2) is 103 Å². The minimum atomic E-state index is 0.892. The normalized spacial score (nSPS) is 12.6. The fraction of sp³-hybridized carbons (Fsp3) is 0.0556. The first-order valence-corrected chi connectivity index (χ1v) is 14.0. The summed E-state index contributed by atoms with van der Waals surface area (Å²) in [4.78, 5) is 10.5. The molecule has 0 saturated heterocycles. The summed E-state index contributed by atoms with van der Waals surface area (Å²) in [6.45, 7) is 4.36. The van der Waals surface area contributed by atoms with E-state index in [-0.39, 0.29) is 0 Å². The van der Waals surface area contributed by atoms with Gasteiger partial charge in [-0.15, -0.1) is 0 Å². The third-order valence-electron chi connectivity index (χ3n) is 8.88. The Morgan fingerprint density at radius 3 is 1.51 bits per heavy atom. The van der Waals surface area contributed by atoms with Gasteiger partial charge in [0.25, 0.3) is 0 Å². The molecule has 10 rings (SSSR count). The number of benzene rings is 6. The average molecular weight is 526 g/mol. The molecule has 5 nitrogen and oxygen atoms in total. The zero-order valence-corrected chi connectivity index (χ0v) is 22.6. The standard InChI is InChI=1S/C36H23N5/c1-20-11-12-27(21(2)13-20)26-18-32-34-33(19-26)40-31-17-25-10-6-4-8-23(25)15-29(31)38-36(40)41(34)35-37-28-14-22-7-3-5-9-24(22)16-30(28)39(32)35/h3-19H,1-2H3. The molecule has 192 valence electrons. The summed E-state index contributed by atoms with van der Waals surface area (Å²) in [5, 5.41) is 4.82. The number of hydrogen-bond donors (Lipinski definition) is 0. The van der Waals surface area contributed by atoms with Crippen molar-refractivity contribution in [2.45, 2.75) is 13.8 Å². The molecule has 4 heterocycles. The van der Waals surface area contributed by atoms with Crippen molar-refractivity contribution in [3.8, 4) is 11.1 Å². The van der Waals surface area contributed by atoms with Crippen LogP contribution in [0.4, 0.5) is 0 Å². The van der Waals surface area contributed by atoms with E-state index in [2.05, 4.69) is 130 Å². The zero-order chi connectivity index (χ0) is 27.0. The number of fused-ring (bicyclic) bond motifs is 12. The summed E-state index contributed by atoms with van der Waals surface area (Å²) in [5.74, 6) is 1.78. The van der Waals surface area contributed by atoms with Gasteiger partial charge >= 0.3 is 0 Å². The molecule has 0 unspecified atom stereocenters. The van der Waals surface area contributed by atoms with Crippen molar-refractivity contribution in [2.75, 3.05) is 0 Å². The predicted molar refractivity (Wildman–Crippen MR) is 169 cm³/mol. The van der Waals surface area contributed by atoms with E-state index in [1.807, 2.05) is 0 Å². The van der Waals surface area contributed by atoms with Crippen LogP contribution in [0.3, 0.4) is 0 Å². The van der Waals surface area contributed by atoms with Gasteiger partial charge in [-0.05, 0) is 88.5 Å². The quantitative estimate of drug-likeness (QED) is 0.215. The Bertz CT molecular complexity index is 2560. The Labute approximate surface area is 233 Å². The third kappa shape index (κ3) is 2.65. The maximum Gasteiger partial charge on any atom is 0.223 e. The van der Waals surface area contributed by atoms with Gasteiger partial charge in [-0.2, -0.15) is 0 Å². The monoisotopic (exact) mass is 525 g/mol. The van der Waals surface area contributed by atoms with Crippen LogP contribution in [-0.4, -0.2) is 23.2 Å². The lowest BCUT2D eigenvalue weighted by molar-refractivity contribution is 1.15. The molecule has 0 saturated carbocycles. The first-order chi connectivity index (χ1) is 20.1. The molecule has 0 spiro atoms. The van der Waals surface area contributed by atoms with Crippen molar-refractivity contribution in [3.05, 3.63) is 114 Å². The topological polar surface area (TPSA) is 39.0 Å². The molecule has 0 bridgehead atoms. The SMILES string of the molecule is Cc1ccc(-c2cc3c4c(c2)n2c5cc6ccccc6cc5nc2n4c2nc4cc5ccccc5cc4n32)c(C)c1. The van der Waals surface area contributed by atoms with E-state index in [0.29, 0.717) is 0 Å². The Morgan fingerprint density at radius 1 is 0.488 bits per heavy atom. The summed E-state index contributed by atoms with van der Waals surface area (Å²) >= 11 is 0. The number of rotatable bonds is 1. The van der Waals surface area contributed by atoms with Gasteiger partial charge in [0.05, 0.1) is 33.1 Å². The van der Waals surface area contributed by atoms with Gasteiger partial charge in [0.15, 0.2) is 0 Å². The molecule has 0 radical (unpaired) electrons. The van der Waals surface area contributed by atoms with Crippen LogP contribution in [0.1, 0.15) is 11.1 Å². The number of imidazole rings is 4. The Morgan fingerprint density at radius 2 is 1.00 bits per heavy atom. The van der Waals surface area contributed by atoms with Gasteiger partial charge in [-0.25, -0.2) is 14.4 Å². The number of hydrogen-bond acceptors (Lipinski definition) is 2. The molecule has 10 aromatic rings. The Balaban J connectivity index is 1.45. The molecule has 0 amide bonds. The average Bonchev–Trinajstić information content (AvgIpc) is 3.69. The van der Waals surface area contributed by atoms with E-state index >= 15 is 0 Å². The summed E-state index contributed by atoms with van der Waals surface area (Å²) in [5.41, 5.74) is 12.6. The van der Waals surface area contributed by atoms with Crippen LogP contribution < -0.4 is 0 Å². The van der Waals surface area contributed by atoms with E-state index in [1.165, 1.54) is 43.8 Å². The third-order valence-corrected chi connectivity index (χ3v) is 8.88. The molecular formula is C36H23N5. The van der Waals surface area contributed by atoms with Crippen LogP contribution in [0.5, 0.6) is 0 Å². The largest absolute Gasteiger partial charge is 0.276 e. The minimum absolute atomic E-state index is 0.892. The fourth-order valence-electron chi connectivity index (χ4n) is 7.03. The first-order valence-electron chi connectivity index (χ1n) is 14.0. The Kier molecular flexibility index (Phi) is 3.76. The maximum atomic E-state index is 5.23. The highest BCUT2D eigenvalue weighted by atomic mass is 15.3. The first kappa shape index (κ1) is 21.4. The highest BCUT2D eigenvalue weighted by Crippen LogP contribution is 2.39. The summed E-state index contributed by atoms with van der Waals surface area (Å²) in [7, 11) is 0. The van der Waals surface area contributed by atoms with Gasteiger partial charge in [0, 0.05) is 0 Å². The molecule has 0 fully saturated rings. The van der Waals surface area contributed by atoms with Crippen molar-refractivity contribution in [1.82, 2.24) is 23.2 Å². The molecule has 0 aliphatic heterocycles. The van der Waals surface area contributed by atoms with E-state index in [1.54, 1.807) is 0 Å². The van der Waals surface area contributed by atoms with Crippen LogP contribution in [0.25, 0.3) is 82.8 Å². The summed E-state index contributed by atoms with van der Waals surface area (Å²) < 4.78 is 6.91. The van der Waals surface area contributed by atoms with E-state index < -0.39 is 0 Å². The molecule has 0 aliphatic carbocycles. The number of nitrogens with zero attached hydrogens (tertiary/aromatic N) is 5. The second-order valence-corrected chi connectivity index (χ2v) is 11.4. The summed E-state index contributed by atoms with van der Waals surface area (Å²) in [6.07, 6.45) is 0. The molecular weight excluding hydrogens is 502 g/mol. The zero-order valence-electron chi connectivity index (χ0n) is 22.6. The minimum Gasteiger partial charge on any atom is -0.276 e. The molecule has 0 aliphatic rings. The number of aryl methyl sites for hydroxylation is 2. The van der Waals surface area contributed by atoms with Crippen LogP contribution >= 0.6 is 0 Å².